The summed E-state index contributed by atoms with van der Waals surface area (Å²) in [5.41, 5.74) is 45.3. The topological polar surface area (TPSA) is 24.6 Å². The molecule has 26 rings (SSSR count). The molecule has 0 atom stereocenters. The number of furan rings is 1. The smallest absolute Gasteiger partial charge is 0.133 e. The first-order valence-corrected chi connectivity index (χ1v) is 44.9. The van der Waals surface area contributed by atoms with Crippen LogP contribution in [0.2, 0.25) is 0 Å². The number of nitrogens with zero attached hydrogens (tertiary/aromatic N) is 3. The Kier molecular flexibility index (Phi) is 18.0. The second kappa shape index (κ2) is 31.0. The molecule has 0 saturated heterocycles. The van der Waals surface area contributed by atoms with Gasteiger partial charge in [0.2, 0.25) is 0 Å². The molecule has 0 amide bonds. The van der Waals surface area contributed by atoms with Crippen molar-refractivity contribution < 1.29 is 4.42 Å². The quantitative estimate of drug-likeness (QED) is 0.122. The molecule has 0 N–H and O–H groups in total. The third-order valence-electron chi connectivity index (χ3n) is 27.7. The minimum absolute atomic E-state index is 0.525. The third-order valence-corrected chi connectivity index (χ3v) is 27.7. The third kappa shape index (κ3) is 11.9. The maximum Gasteiger partial charge on any atom is 0.133 e. The fraction of sp³-hybridized carbons (Fsp3) is 0.0159. The first-order valence-electron chi connectivity index (χ1n) is 44.9. The molecule has 22 aromatic rings. The molecular formula is C126H83N3O. The number of rotatable bonds is 12. The molecule has 4 nitrogen and oxygen atoms in total. The highest BCUT2D eigenvalue weighted by Crippen LogP contribution is 2.66. The summed E-state index contributed by atoms with van der Waals surface area (Å²) in [7, 11) is 0. The van der Waals surface area contributed by atoms with Crippen LogP contribution in [0.5, 0.6) is 0 Å². The molecule has 0 fully saturated rings. The van der Waals surface area contributed by atoms with Crippen molar-refractivity contribution in [3.63, 3.8) is 0 Å². The molecule has 0 bridgehead atoms. The summed E-state index contributed by atoms with van der Waals surface area (Å²) in [6, 6.07) is 183. The molecule has 4 heteroatoms. The number of anilines is 6. The van der Waals surface area contributed by atoms with Crippen molar-refractivity contribution in [2.24, 2.45) is 0 Å². The van der Waals surface area contributed by atoms with Gasteiger partial charge < -0.3 is 18.8 Å². The van der Waals surface area contributed by atoms with Gasteiger partial charge in [0.15, 0.2) is 0 Å². The minimum atomic E-state index is -0.579. The van der Waals surface area contributed by atoms with Crippen LogP contribution in [-0.2, 0) is 10.8 Å². The van der Waals surface area contributed by atoms with Crippen LogP contribution in [0.4, 0.5) is 34.1 Å². The Balaban J connectivity index is 0.000000141. The molecular weight excluding hydrogens is 1570 g/mol. The van der Waals surface area contributed by atoms with Crippen molar-refractivity contribution in [3.8, 4) is 128 Å². The zero-order valence-electron chi connectivity index (χ0n) is 71.2. The molecule has 0 unspecified atom stereocenters. The lowest BCUT2D eigenvalue weighted by molar-refractivity contribution is 0.582. The fourth-order valence-electron chi connectivity index (χ4n) is 22.2. The second-order valence-electron chi connectivity index (χ2n) is 34.3. The molecule has 2 aromatic heterocycles. The van der Waals surface area contributed by atoms with Gasteiger partial charge in [0.1, 0.15) is 5.76 Å². The van der Waals surface area contributed by atoms with Gasteiger partial charge in [-0.15, -0.1) is 0 Å². The number of para-hydroxylation sites is 2. The van der Waals surface area contributed by atoms with Crippen LogP contribution < -0.4 is 9.80 Å². The van der Waals surface area contributed by atoms with Crippen molar-refractivity contribution in [2.75, 3.05) is 9.80 Å². The maximum absolute atomic E-state index is 5.73. The van der Waals surface area contributed by atoms with Crippen LogP contribution in [0.3, 0.4) is 0 Å². The van der Waals surface area contributed by atoms with Crippen molar-refractivity contribution in [1.29, 1.82) is 0 Å². The molecule has 608 valence electrons. The Bertz CT molecular complexity index is 8000. The van der Waals surface area contributed by atoms with E-state index in [9.17, 15) is 0 Å². The van der Waals surface area contributed by atoms with Crippen LogP contribution in [0.15, 0.2) is 508 Å². The van der Waals surface area contributed by atoms with Crippen LogP contribution in [-0.4, -0.2) is 4.57 Å². The average Bonchev–Trinajstić information content (AvgIpc) is 1.52. The van der Waals surface area contributed by atoms with E-state index < -0.39 is 10.8 Å². The van der Waals surface area contributed by atoms with E-state index in [2.05, 4.69) is 500 Å². The summed E-state index contributed by atoms with van der Waals surface area (Å²) in [4.78, 5) is 4.86. The Morgan fingerprint density at radius 1 is 0.185 bits per heavy atom. The van der Waals surface area contributed by atoms with E-state index in [0.717, 1.165) is 62.3 Å². The monoisotopic (exact) mass is 1650 g/mol. The van der Waals surface area contributed by atoms with E-state index in [1.807, 2.05) is 12.1 Å². The number of aromatic nitrogens is 1. The van der Waals surface area contributed by atoms with Gasteiger partial charge in [0, 0.05) is 56.0 Å². The number of benzene rings is 20. The zero-order chi connectivity index (χ0) is 85.8. The van der Waals surface area contributed by atoms with Gasteiger partial charge in [-0.3, -0.25) is 0 Å². The Hall–Kier alpha value is -16.9. The van der Waals surface area contributed by atoms with Crippen LogP contribution >= 0.6 is 0 Å². The first-order chi connectivity index (χ1) is 64.5. The Labute approximate surface area is 756 Å². The number of hydrogen-bond donors (Lipinski definition) is 0. The van der Waals surface area contributed by atoms with E-state index >= 15 is 0 Å². The van der Waals surface area contributed by atoms with E-state index in [4.69, 9.17) is 4.42 Å². The number of hydrogen-bond acceptors (Lipinski definition) is 3. The standard InChI is InChI=1S/C65H43NO.C61H40N2/c1-2-15-44(16-3-1)45-30-36-50(37-31-45)66(51-38-32-46(33-39-51)48-17-12-18-49(43-48)63-29-14-42-67-63)52-40-34-47(35-41-52)53-24-13-28-62-64(53)58-23-8-11-27-61(58)65(62)59-25-9-6-21-56(59)54-19-4-5-20-55(54)57-22-7-10-26-60(57)65;1-3-18-41(19-4-1)42-34-36-44(37-35-42)62(45-38-39-58-52(40-45)50-26-12-16-32-57(50)63(58)43-20-5-2-6-21-43)59-33-17-31-56-60(59)51-27-11-15-30-55(51)61(56)53-28-13-9-24-48(53)46-22-7-8-23-47(46)49-25-10-14-29-54(49)61/h1-43H;1-40H. The predicted molar refractivity (Wildman–Crippen MR) is 540 cm³/mol. The van der Waals surface area contributed by atoms with Gasteiger partial charge in [0.05, 0.1) is 33.8 Å². The number of fused-ring (bicyclic) bond motifs is 27. The highest BCUT2D eigenvalue weighted by molar-refractivity contribution is 6.12. The summed E-state index contributed by atoms with van der Waals surface area (Å²) < 4.78 is 8.13. The van der Waals surface area contributed by atoms with Gasteiger partial charge in [-0.1, -0.05) is 388 Å². The Morgan fingerprint density at radius 2 is 0.515 bits per heavy atom. The van der Waals surface area contributed by atoms with Crippen molar-refractivity contribution in [2.45, 2.75) is 10.8 Å². The SMILES string of the molecule is c1ccc(-c2ccc(N(c3ccc(-c4cccc(-c5ccco5)c4)cc3)c3ccc(-c4cccc5c4-c4ccccc4C54c5ccccc5-c5ccccc5-c5ccccc54)cc3)cc2)cc1.c1ccc(-c2ccc(N(c3ccc4c(c3)c3ccccc3n4-c3ccccc3)c3cccc4c3-c3ccccc3C43c4ccccc4-c4ccccc4-c4ccccc43)cc2)cc1. The summed E-state index contributed by atoms with van der Waals surface area (Å²) in [6.45, 7) is 0. The molecule has 2 heterocycles. The maximum atomic E-state index is 5.73. The van der Waals surface area contributed by atoms with Gasteiger partial charge in [-0.25, -0.2) is 0 Å². The highest BCUT2D eigenvalue weighted by Gasteiger charge is 2.53. The predicted octanol–water partition coefficient (Wildman–Crippen LogP) is 33.4. The largest absolute Gasteiger partial charge is 0.464 e. The van der Waals surface area contributed by atoms with Crippen molar-refractivity contribution in [1.82, 2.24) is 4.57 Å². The fourth-order valence-corrected chi connectivity index (χ4v) is 22.2. The van der Waals surface area contributed by atoms with Gasteiger partial charge in [-0.05, 0) is 259 Å². The van der Waals surface area contributed by atoms with Gasteiger partial charge in [0.25, 0.3) is 0 Å². The molecule has 4 aliphatic rings. The van der Waals surface area contributed by atoms with E-state index in [0.29, 0.717) is 0 Å². The molecule has 4 aliphatic carbocycles. The lowest BCUT2D eigenvalue weighted by Gasteiger charge is -2.35. The van der Waals surface area contributed by atoms with Gasteiger partial charge in [-0.2, -0.15) is 0 Å². The summed E-state index contributed by atoms with van der Waals surface area (Å²) in [6.07, 6.45) is 1.72. The van der Waals surface area contributed by atoms with E-state index in [-0.39, 0.29) is 0 Å². The van der Waals surface area contributed by atoms with Crippen LogP contribution in [0.25, 0.3) is 150 Å². The normalized spacial score (nSPS) is 12.7. The zero-order valence-corrected chi connectivity index (χ0v) is 71.2. The highest BCUT2D eigenvalue weighted by atomic mass is 16.3. The lowest BCUT2D eigenvalue weighted by atomic mass is 9.66. The molecule has 0 saturated carbocycles. The van der Waals surface area contributed by atoms with Gasteiger partial charge >= 0.3 is 0 Å². The molecule has 2 spiro atoms. The molecule has 130 heavy (non-hydrogen) atoms. The van der Waals surface area contributed by atoms with Crippen molar-refractivity contribution in [3.05, 3.63) is 548 Å². The van der Waals surface area contributed by atoms with Crippen LogP contribution in [0, 0.1) is 0 Å². The van der Waals surface area contributed by atoms with E-state index in [1.54, 1.807) is 6.26 Å². The minimum Gasteiger partial charge on any atom is -0.464 e. The van der Waals surface area contributed by atoms with E-state index in [1.165, 1.54) is 166 Å². The summed E-state index contributed by atoms with van der Waals surface area (Å²) in [5.74, 6) is 0.863. The molecule has 20 aromatic carbocycles. The first kappa shape index (κ1) is 75.6. The molecule has 0 radical (unpaired) electrons. The Morgan fingerprint density at radius 3 is 1.00 bits per heavy atom. The average molecular weight is 1660 g/mol. The second-order valence-corrected chi connectivity index (χ2v) is 34.3. The molecule has 0 aliphatic heterocycles. The van der Waals surface area contributed by atoms with Crippen LogP contribution in [0.1, 0.15) is 44.5 Å². The summed E-state index contributed by atoms with van der Waals surface area (Å²) in [5, 5.41) is 2.44. The summed E-state index contributed by atoms with van der Waals surface area (Å²) >= 11 is 0. The lowest BCUT2D eigenvalue weighted by Crippen LogP contribution is -2.29. The van der Waals surface area contributed by atoms with Crippen molar-refractivity contribution >= 4 is 55.9 Å².